The van der Waals surface area contributed by atoms with Crippen LogP contribution in [0.1, 0.15) is 17.0 Å². The standard InChI is InChI=1S/C17H20F3N3O3/c1-11-8-15(17(18,19)20)22-23(11)10-16(24)21-7-6-12-4-5-13(25-2)14(9-12)26-3/h4-5,8-9H,6-7,10H2,1-3H3,(H,21,24). The van der Waals surface area contributed by atoms with Crippen LogP contribution in [0.2, 0.25) is 0 Å². The Kier molecular flexibility index (Phi) is 6.12. The van der Waals surface area contributed by atoms with E-state index < -0.39 is 17.8 Å². The van der Waals surface area contributed by atoms with Gasteiger partial charge in [-0.25, -0.2) is 0 Å². The molecule has 0 radical (unpaired) electrons. The van der Waals surface area contributed by atoms with Crippen molar-refractivity contribution in [2.45, 2.75) is 26.1 Å². The molecule has 1 heterocycles. The molecule has 9 heteroatoms. The van der Waals surface area contributed by atoms with Crippen LogP contribution < -0.4 is 14.8 Å². The van der Waals surface area contributed by atoms with E-state index in [4.69, 9.17) is 9.47 Å². The lowest BCUT2D eigenvalue weighted by molar-refractivity contribution is -0.141. The van der Waals surface area contributed by atoms with Crippen molar-refractivity contribution in [1.29, 1.82) is 0 Å². The third-order valence-corrected chi connectivity index (χ3v) is 3.75. The number of aryl methyl sites for hydroxylation is 1. The number of amides is 1. The van der Waals surface area contributed by atoms with E-state index in [1.54, 1.807) is 19.2 Å². The number of hydrogen-bond acceptors (Lipinski definition) is 4. The van der Waals surface area contributed by atoms with Crippen molar-refractivity contribution in [2.75, 3.05) is 20.8 Å². The van der Waals surface area contributed by atoms with Crippen LogP contribution in [0.5, 0.6) is 11.5 Å². The Labute approximate surface area is 148 Å². The zero-order valence-electron chi connectivity index (χ0n) is 14.7. The van der Waals surface area contributed by atoms with Crippen LogP contribution in [-0.4, -0.2) is 36.5 Å². The first kappa shape index (κ1) is 19.6. The van der Waals surface area contributed by atoms with Crippen LogP contribution in [0.3, 0.4) is 0 Å². The Hall–Kier alpha value is -2.71. The first-order valence-corrected chi connectivity index (χ1v) is 7.84. The smallest absolute Gasteiger partial charge is 0.435 e. The molecule has 26 heavy (non-hydrogen) atoms. The molecule has 0 unspecified atom stereocenters. The number of ether oxygens (including phenoxy) is 2. The van der Waals surface area contributed by atoms with Gasteiger partial charge in [0, 0.05) is 12.2 Å². The number of halogens is 3. The fourth-order valence-electron chi connectivity index (χ4n) is 2.38. The first-order chi connectivity index (χ1) is 12.2. The summed E-state index contributed by atoms with van der Waals surface area (Å²) in [6, 6.07) is 6.33. The molecule has 142 valence electrons. The summed E-state index contributed by atoms with van der Waals surface area (Å²) in [6.45, 7) is 1.54. The van der Waals surface area contributed by atoms with Crippen LogP contribution in [0.4, 0.5) is 13.2 Å². The molecule has 0 fully saturated rings. The number of alkyl halides is 3. The van der Waals surface area contributed by atoms with E-state index in [1.165, 1.54) is 14.0 Å². The Morgan fingerprint density at radius 2 is 1.88 bits per heavy atom. The highest BCUT2D eigenvalue weighted by Gasteiger charge is 2.34. The van der Waals surface area contributed by atoms with Gasteiger partial charge in [-0.2, -0.15) is 18.3 Å². The van der Waals surface area contributed by atoms with Crippen LogP contribution >= 0.6 is 0 Å². The van der Waals surface area contributed by atoms with Crippen molar-refractivity contribution in [3.05, 3.63) is 41.2 Å². The summed E-state index contributed by atoms with van der Waals surface area (Å²) in [5.41, 5.74) is 0.193. The third kappa shape index (κ3) is 4.90. The molecule has 6 nitrogen and oxygen atoms in total. The third-order valence-electron chi connectivity index (χ3n) is 3.75. The summed E-state index contributed by atoms with van der Waals surface area (Å²) in [5, 5.41) is 6.10. The number of benzene rings is 1. The first-order valence-electron chi connectivity index (χ1n) is 7.84. The van der Waals surface area contributed by atoms with Crippen molar-refractivity contribution < 1.29 is 27.4 Å². The molecular weight excluding hydrogens is 351 g/mol. The van der Waals surface area contributed by atoms with E-state index in [0.717, 1.165) is 16.3 Å². The maximum absolute atomic E-state index is 12.6. The molecule has 1 aromatic heterocycles. The van der Waals surface area contributed by atoms with E-state index in [-0.39, 0.29) is 12.2 Å². The quantitative estimate of drug-likeness (QED) is 0.813. The molecule has 0 aliphatic carbocycles. The normalized spacial score (nSPS) is 11.3. The Balaban J connectivity index is 1.89. The minimum absolute atomic E-state index is 0.270. The topological polar surface area (TPSA) is 65.4 Å². The van der Waals surface area contributed by atoms with Gasteiger partial charge < -0.3 is 14.8 Å². The second-order valence-electron chi connectivity index (χ2n) is 5.62. The molecular formula is C17H20F3N3O3. The lowest BCUT2D eigenvalue weighted by Gasteiger charge is -2.10. The molecule has 0 saturated heterocycles. The summed E-state index contributed by atoms with van der Waals surface area (Å²) >= 11 is 0. The lowest BCUT2D eigenvalue weighted by atomic mass is 10.1. The molecule has 1 N–H and O–H groups in total. The van der Waals surface area contributed by atoms with E-state index in [1.807, 2.05) is 6.07 Å². The molecule has 0 aliphatic rings. The number of nitrogens with one attached hydrogen (secondary N) is 1. The number of hydrogen-bond donors (Lipinski definition) is 1. The Morgan fingerprint density at radius 1 is 1.19 bits per heavy atom. The molecule has 1 aromatic carbocycles. The van der Waals surface area contributed by atoms with E-state index in [0.29, 0.717) is 24.5 Å². The zero-order chi connectivity index (χ0) is 19.3. The van der Waals surface area contributed by atoms with E-state index in [9.17, 15) is 18.0 Å². The predicted molar refractivity (Wildman–Crippen MR) is 88.2 cm³/mol. The number of methoxy groups -OCH3 is 2. The van der Waals surface area contributed by atoms with Gasteiger partial charge in [0.1, 0.15) is 6.54 Å². The molecule has 0 bridgehead atoms. The SMILES string of the molecule is COc1ccc(CCNC(=O)Cn2nc(C(F)(F)F)cc2C)cc1OC. The van der Waals surface area contributed by atoms with Gasteiger partial charge in [-0.3, -0.25) is 9.48 Å². The molecule has 0 atom stereocenters. The fourth-order valence-corrected chi connectivity index (χ4v) is 2.38. The highest BCUT2D eigenvalue weighted by molar-refractivity contribution is 5.75. The summed E-state index contributed by atoms with van der Waals surface area (Å²) in [7, 11) is 3.07. The van der Waals surface area contributed by atoms with Crippen molar-refractivity contribution >= 4 is 5.91 Å². The predicted octanol–water partition coefficient (Wildman–Crippen LogP) is 2.59. The summed E-state index contributed by atoms with van der Waals surface area (Å²) in [4.78, 5) is 11.9. The van der Waals surface area contributed by atoms with Crippen LogP contribution in [0.15, 0.2) is 24.3 Å². The van der Waals surface area contributed by atoms with Gasteiger partial charge in [0.15, 0.2) is 17.2 Å². The minimum atomic E-state index is -4.53. The van der Waals surface area contributed by atoms with Crippen molar-refractivity contribution in [1.82, 2.24) is 15.1 Å². The molecule has 1 amide bonds. The lowest BCUT2D eigenvalue weighted by Crippen LogP contribution is -2.30. The van der Waals surface area contributed by atoms with Gasteiger partial charge in [-0.05, 0) is 37.1 Å². The summed E-state index contributed by atoms with van der Waals surface area (Å²) < 4.78 is 49.3. The number of carbonyl (C=O) groups excluding carboxylic acids is 1. The highest BCUT2D eigenvalue weighted by atomic mass is 19.4. The number of nitrogens with zero attached hydrogens (tertiary/aromatic N) is 2. The second kappa shape index (κ2) is 8.11. The minimum Gasteiger partial charge on any atom is -0.493 e. The maximum atomic E-state index is 12.6. The molecule has 0 spiro atoms. The average Bonchev–Trinajstić information content (AvgIpc) is 2.95. The van der Waals surface area contributed by atoms with E-state index in [2.05, 4.69) is 10.4 Å². The number of rotatable bonds is 7. The molecule has 2 aromatic rings. The van der Waals surface area contributed by atoms with Crippen molar-refractivity contribution in [3.63, 3.8) is 0 Å². The van der Waals surface area contributed by atoms with Gasteiger partial charge in [-0.1, -0.05) is 6.07 Å². The maximum Gasteiger partial charge on any atom is 0.435 e. The number of aromatic nitrogens is 2. The summed E-state index contributed by atoms with van der Waals surface area (Å²) in [5.74, 6) is 0.781. The van der Waals surface area contributed by atoms with E-state index >= 15 is 0 Å². The molecule has 0 aliphatic heterocycles. The molecule has 0 saturated carbocycles. The van der Waals surface area contributed by atoms with Gasteiger partial charge in [0.25, 0.3) is 0 Å². The average molecular weight is 371 g/mol. The van der Waals surface area contributed by atoms with Crippen LogP contribution in [-0.2, 0) is 23.9 Å². The Morgan fingerprint density at radius 3 is 2.46 bits per heavy atom. The number of carbonyl (C=O) groups is 1. The van der Waals surface area contributed by atoms with Gasteiger partial charge in [0.2, 0.25) is 5.91 Å². The van der Waals surface area contributed by atoms with Crippen LogP contribution in [0, 0.1) is 6.92 Å². The highest BCUT2D eigenvalue weighted by Crippen LogP contribution is 2.28. The monoisotopic (exact) mass is 371 g/mol. The van der Waals surface area contributed by atoms with Crippen molar-refractivity contribution in [2.24, 2.45) is 0 Å². The Bertz CT molecular complexity index is 772. The van der Waals surface area contributed by atoms with Crippen molar-refractivity contribution in [3.8, 4) is 11.5 Å². The van der Waals surface area contributed by atoms with Gasteiger partial charge >= 0.3 is 6.18 Å². The largest absolute Gasteiger partial charge is 0.493 e. The molecule has 2 rings (SSSR count). The van der Waals surface area contributed by atoms with Gasteiger partial charge in [0.05, 0.1) is 14.2 Å². The van der Waals surface area contributed by atoms with Crippen LogP contribution in [0.25, 0.3) is 0 Å². The summed E-state index contributed by atoms with van der Waals surface area (Å²) in [6.07, 6.45) is -3.99. The zero-order valence-corrected chi connectivity index (χ0v) is 14.7. The second-order valence-corrected chi connectivity index (χ2v) is 5.62. The fraction of sp³-hybridized carbons (Fsp3) is 0.412. The van der Waals surface area contributed by atoms with Gasteiger partial charge in [-0.15, -0.1) is 0 Å².